The maximum absolute atomic E-state index is 13.6. The van der Waals surface area contributed by atoms with Gasteiger partial charge in [-0.2, -0.15) is 0 Å². The molecular formula is C27H23N5O4. The summed E-state index contributed by atoms with van der Waals surface area (Å²) in [7, 11) is 1.57. The van der Waals surface area contributed by atoms with E-state index in [0.717, 1.165) is 11.1 Å². The quantitative estimate of drug-likeness (QED) is 0.383. The molecule has 4 aromatic heterocycles. The summed E-state index contributed by atoms with van der Waals surface area (Å²) in [5, 5.41) is 7.53. The van der Waals surface area contributed by atoms with Crippen LogP contribution in [0.25, 0.3) is 22.0 Å². The van der Waals surface area contributed by atoms with Crippen molar-refractivity contribution in [2.75, 3.05) is 12.4 Å². The highest BCUT2D eigenvalue weighted by atomic mass is 16.5. The minimum absolute atomic E-state index is 0.00474. The fourth-order valence-corrected chi connectivity index (χ4v) is 4.25. The van der Waals surface area contributed by atoms with E-state index in [-0.39, 0.29) is 12.1 Å². The van der Waals surface area contributed by atoms with Gasteiger partial charge in [0.1, 0.15) is 17.1 Å². The Labute approximate surface area is 206 Å². The first kappa shape index (κ1) is 23.0. The van der Waals surface area contributed by atoms with Gasteiger partial charge in [0.2, 0.25) is 0 Å². The van der Waals surface area contributed by atoms with Crippen LogP contribution in [0.15, 0.2) is 76.4 Å². The van der Waals surface area contributed by atoms with Gasteiger partial charge in [0.05, 0.1) is 36.1 Å². The van der Waals surface area contributed by atoms with Crippen LogP contribution in [-0.2, 0) is 6.54 Å². The molecule has 0 saturated heterocycles. The number of rotatable bonds is 6. The summed E-state index contributed by atoms with van der Waals surface area (Å²) in [5.74, 6) is 0.681. The molecule has 5 rings (SSSR count). The van der Waals surface area contributed by atoms with Crippen LogP contribution in [0, 0.1) is 13.8 Å². The summed E-state index contributed by atoms with van der Waals surface area (Å²) in [6, 6.07) is 14.1. The van der Waals surface area contributed by atoms with Gasteiger partial charge >= 0.3 is 0 Å². The van der Waals surface area contributed by atoms with E-state index in [1.54, 1.807) is 54.5 Å². The van der Waals surface area contributed by atoms with Crippen LogP contribution in [0.1, 0.15) is 27.5 Å². The number of aryl methyl sites for hydroxylation is 2. The van der Waals surface area contributed by atoms with Crippen LogP contribution in [-0.4, -0.2) is 32.7 Å². The topological polar surface area (TPSA) is 112 Å². The van der Waals surface area contributed by atoms with Crippen LogP contribution in [0.3, 0.4) is 0 Å². The highest BCUT2D eigenvalue weighted by molar-refractivity contribution is 6.06. The van der Waals surface area contributed by atoms with Crippen LogP contribution >= 0.6 is 0 Å². The van der Waals surface area contributed by atoms with Crippen molar-refractivity contribution in [3.63, 3.8) is 0 Å². The Morgan fingerprint density at radius 2 is 1.89 bits per heavy atom. The van der Waals surface area contributed by atoms with Gasteiger partial charge in [-0.15, -0.1) is 0 Å². The summed E-state index contributed by atoms with van der Waals surface area (Å²) in [5.41, 5.74) is 3.67. The van der Waals surface area contributed by atoms with Crippen molar-refractivity contribution in [2.24, 2.45) is 0 Å². The van der Waals surface area contributed by atoms with Crippen molar-refractivity contribution in [1.29, 1.82) is 0 Å². The molecule has 0 saturated carbocycles. The molecule has 1 N–H and O–H groups in total. The van der Waals surface area contributed by atoms with E-state index in [2.05, 4.69) is 20.4 Å². The number of hydrogen-bond donors (Lipinski definition) is 1. The van der Waals surface area contributed by atoms with E-state index in [1.165, 1.54) is 0 Å². The summed E-state index contributed by atoms with van der Waals surface area (Å²) < 4.78 is 12.6. The van der Waals surface area contributed by atoms with Crippen LogP contribution in [0.2, 0.25) is 0 Å². The SMILES string of the molecule is COc1cc2c(cc1-c1c(C)noc1C)cc(C(=O)Nc1ccncc1)c(=O)n2Cc1ccccn1. The number of fused-ring (bicyclic) bond motifs is 1. The van der Waals surface area contributed by atoms with Gasteiger partial charge in [0.25, 0.3) is 11.5 Å². The van der Waals surface area contributed by atoms with E-state index in [1.807, 2.05) is 38.1 Å². The molecule has 9 heteroatoms. The minimum atomic E-state index is -0.516. The van der Waals surface area contributed by atoms with E-state index in [4.69, 9.17) is 9.26 Å². The normalized spacial score (nSPS) is 11.0. The Morgan fingerprint density at radius 1 is 1.08 bits per heavy atom. The lowest BCUT2D eigenvalue weighted by molar-refractivity contribution is 0.102. The number of amides is 1. The number of ether oxygens (including phenoxy) is 1. The number of nitrogens with zero attached hydrogens (tertiary/aromatic N) is 4. The van der Waals surface area contributed by atoms with Gasteiger partial charge in [-0.3, -0.25) is 19.6 Å². The molecule has 5 aromatic rings. The maximum Gasteiger partial charge on any atom is 0.264 e. The van der Waals surface area contributed by atoms with Gasteiger partial charge in [-0.05, 0) is 50.2 Å². The molecular weight excluding hydrogens is 458 g/mol. The number of carbonyl (C=O) groups is 1. The molecule has 9 nitrogen and oxygen atoms in total. The van der Waals surface area contributed by atoms with Crippen LogP contribution in [0.4, 0.5) is 5.69 Å². The van der Waals surface area contributed by atoms with Crippen molar-refractivity contribution in [2.45, 2.75) is 20.4 Å². The molecule has 0 aliphatic heterocycles. The minimum Gasteiger partial charge on any atom is -0.496 e. The Hall–Kier alpha value is -4.79. The van der Waals surface area contributed by atoms with Crippen molar-refractivity contribution in [1.82, 2.24) is 19.7 Å². The summed E-state index contributed by atoms with van der Waals surface area (Å²) >= 11 is 0. The van der Waals surface area contributed by atoms with Gasteiger partial charge in [-0.25, -0.2) is 0 Å². The van der Waals surface area contributed by atoms with Crippen LogP contribution in [0.5, 0.6) is 5.75 Å². The number of aromatic nitrogens is 4. The lowest BCUT2D eigenvalue weighted by atomic mass is 9.99. The first-order valence-electron chi connectivity index (χ1n) is 11.3. The number of nitrogens with one attached hydrogen (secondary N) is 1. The average Bonchev–Trinajstić information content (AvgIpc) is 3.23. The molecule has 180 valence electrons. The van der Waals surface area contributed by atoms with Gasteiger partial charge < -0.3 is 19.1 Å². The summed E-state index contributed by atoms with van der Waals surface area (Å²) in [6.45, 7) is 3.86. The molecule has 0 fully saturated rings. The number of benzene rings is 1. The number of hydrogen-bond acceptors (Lipinski definition) is 7. The van der Waals surface area contributed by atoms with E-state index >= 15 is 0 Å². The van der Waals surface area contributed by atoms with Crippen molar-refractivity contribution < 1.29 is 14.1 Å². The number of methoxy groups -OCH3 is 1. The highest BCUT2D eigenvalue weighted by Gasteiger charge is 2.21. The Morgan fingerprint density at radius 3 is 2.56 bits per heavy atom. The zero-order valence-electron chi connectivity index (χ0n) is 20.0. The number of carbonyl (C=O) groups excluding carboxylic acids is 1. The van der Waals surface area contributed by atoms with Gasteiger partial charge in [0.15, 0.2) is 0 Å². The zero-order valence-corrected chi connectivity index (χ0v) is 20.0. The standard InChI is InChI=1S/C27H23N5O4/c1-16-25(17(2)36-31-16)21-12-18-13-22(26(33)30-19-7-10-28-11-8-19)27(34)32(23(18)14-24(21)35-3)15-20-6-4-5-9-29-20/h4-14H,15H2,1-3H3,(H,28,30,33). The second-order valence-electron chi connectivity index (χ2n) is 8.27. The zero-order chi connectivity index (χ0) is 25.2. The number of pyridine rings is 3. The molecule has 36 heavy (non-hydrogen) atoms. The summed E-state index contributed by atoms with van der Waals surface area (Å²) in [4.78, 5) is 35.2. The Balaban J connectivity index is 1.74. The fourth-order valence-electron chi connectivity index (χ4n) is 4.25. The molecule has 1 amide bonds. The molecule has 4 heterocycles. The van der Waals surface area contributed by atoms with E-state index in [9.17, 15) is 9.59 Å². The monoisotopic (exact) mass is 481 g/mol. The number of anilines is 1. The van der Waals surface area contributed by atoms with Gasteiger partial charge in [0, 0.05) is 41.3 Å². The van der Waals surface area contributed by atoms with Crippen molar-refractivity contribution in [3.8, 4) is 16.9 Å². The van der Waals surface area contributed by atoms with Crippen molar-refractivity contribution in [3.05, 3.63) is 100 Å². The smallest absolute Gasteiger partial charge is 0.264 e. The Kier molecular flexibility index (Phi) is 6.03. The third-order valence-electron chi connectivity index (χ3n) is 5.95. The lowest BCUT2D eigenvalue weighted by Gasteiger charge is -2.16. The lowest BCUT2D eigenvalue weighted by Crippen LogP contribution is -2.30. The largest absolute Gasteiger partial charge is 0.496 e. The molecule has 0 spiro atoms. The highest BCUT2D eigenvalue weighted by Crippen LogP contribution is 2.37. The molecule has 0 aliphatic carbocycles. The van der Waals surface area contributed by atoms with Gasteiger partial charge in [-0.1, -0.05) is 11.2 Å². The molecule has 0 atom stereocenters. The Bertz CT molecular complexity index is 1610. The van der Waals surface area contributed by atoms with E-state index in [0.29, 0.717) is 39.5 Å². The molecule has 0 bridgehead atoms. The molecule has 1 aromatic carbocycles. The second kappa shape index (κ2) is 9.46. The van der Waals surface area contributed by atoms with Crippen molar-refractivity contribution >= 4 is 22.5 Å². The second-order valence-corrected chi connectivity index (χ2v) is 8.27. The third-order valence-corrected chi connectivity index (χ3v) is 5.95. The molecule has 0 aliphatic rings. The maximum atomic E-state index is 13.6. The predicted molar refractivity (Wildman–Crippen MR) is 135 cm³/mol. The first-order chi connectivity index (χ1) is 17.5. The fraction of sp³-hybridized carbons (Fsp3) is 0.148. The first-order valence-corrected chi connectivity index (χ1v) is 11.3. The predicted octanol–water partition coefficient (Wildman–Crippen LogP) is 4.37. The third kappa shape index (κ3) is 4.22. The van der Waals surface area contributed by atoms with Crippen LogP contribution < -0.4 is 15.6 Å². The average molecular weight is 482 g/mol. The molecule has 0 radical (unpaired) electrons. The summed E-state index contributed by atoms with van der Waals surface area (Å²) in [6.07, 6.45) is 4.80. The van der Waals surface area contributed by atoms with E-state index < -0.39 is 11.5 Å². The molecule has 0 unspecified atom stereocenters.